The van der Waals surface area contributed by atoms with Gasteiger partial charge in [0.2, 0.25) is 5.91 Å². The lowest BCUT2D eigenvalue weighted by Crippen LogP contribution is -2.16. The normalized spacial score (nSPS) is 9.90. The summed E-state index contributed by atoms with van der Waals surface area (Å²) in [7, 11) is 0. The van der Waals surface area contributed by atoms with Gasteiger partial charge in [0.1, 0.15) is 18.8 Å². The molecule has 0 aromatic heterocycles. The van der Waals surface area contributed by atoms with Crippen molar-refractivity contribution in [3.8, 4) is 5.75 Å². The molecule has 2 rings (SSSR count). The van der Waals surface area contributed by atoms with Crippen LogP contribution in [-0.4, -0.2) is 17.0 Å². The van der Waals surface area contributed by atoms with Gasteiger partial charge in [-0.1, -0.05) is 42.5 Å². The summed E-state index contributed by atoms with van der Waals surface area (Å²) in [5, 5.41) is 11.1. The Kier molecular flexibility index (Phi) is 4.93. The van der Waals surface area contributed by atoms with E-state index in [0.29, 0.717) is 18.0 Å². The van der Waals surface area contributed by atoms with Crippen LogP contribution in [-0.2, 0) is 16.2 Å². The van der Waals surface area contributed by atoms with Gasteiger partial charge in [-0.05, 0) is 17.7 Å². The summed E-state index contributed by atoms with van der Waals surface area (Å²) in [4.78, 5) is 22.0. The van der Waals surface area contributed by atoms with Gasteiger partial charge >= 0.3 is 5.97 Å². The highest BCUT2D eigenvalue weighted by Gasteiger charge is 2.10. The molecule has 108 valence electrons. The molecule has 0 aliphatic carbocycles. The van der Waals surface area contributed by atoms with Crippen LogP contribution in [0.3, 0.4) is 0 Å². The van der Waals surface area contributed by atoms with Crippen LogP contribution in [0.1, 0.15) is 12.0 Å². The summed E-state index contributed by atoms with van der Waals surface area (Å²) in [6.07, 6.45) is -0.576. The van der Waals surface area contributed by atoms with Gasteiger partial charge in [-0.2, -0.15) is 0 Å². The van der Waals surface area contributed by atoms with E-state index in [1.807, 2.05) is 30.3 Å². The first-order valence-electron chi connectivity index (χ1n) is 6.42. The van der Waals surface area contributed by atoms with Crippen molar-refractivity contribution < 1.29 is 19.4 Å². The lowest BCUT2D eigenvalue weighted by Gasteiger charge is -2.12. The molecule has 5 heteroatoms. The van der Waals surface area contributed by atoms with Gasteiger partial charge in [0.15, 0.2) is 0 Å². The quantitative estimate of drug-likeness (QED) is 0.800. The number of carboxylic acid groups (broad SMARTS) is 1. The molecule has 0 heterocycles. The number of hydrogen-bond acceptors (Lipinski definition) is 3. The SMILES string of the molecule is O=C(O)CC(=O)Nc1ccccc1OCc1ccccc1. The predicted molar refractivity (Wildman–Crippen MR) is 78.1 cm³/mol. The van der Waals surface area contributed by atoms with Gasteiger partial charge in [-0.25, -0.2) is 0 Å². The van der Waals surface area contributed by atoms with E-state index in [1.54, 1.807) is 24.3 Å². The molecule has 5 nitrogen and oxygen atoms in total. The van der Waals surface area contributed by atoms with Crippen LogP contribution in [0.5, 0.6) is 5.75 Å². The molecular formula is C16H15NO4. The molecule has 2 aromatic rings. The number of carbonyl (C=O) groups excluding carboxylic acids is 1. The minimum absolute atomic E-state index is 0.368. The number of rotatable bonds is 6. The first-order valence-corrected chi connectivity index (χ1v) is 6.42. The highest BCUT2D eigenvalue weighted by atomic mass is 16.5. The second-order valence-electron chi connectivity index (χ2n) is 4.39. The van der Waals surface area contributed by atoms with E-state index in [-0.39, 0.29) is 0 Å². The van der Waals surface area contributed by atoms with Crippen molar-refractivity contribution in [2.45, 2.75) is 13.0 Å². The molecule has 2 aromatic carbocycles. The molecule has 0 bridgehead atoms. The minimum atomic E-state index is -1.17. The summed E-state index contributed by atoms with van der Waals surface area (Å²) < 4.78 is 5.67. The lowest BCUT2D eigenvalue weighted by atomic mass is 10.2. The second kappa shape index (κ2) is 7.09. The third kappa shape index (κ3) is 4.65. The molecule has 0 radical (unpaired) electrons. The first kappa shape index (κ1) is 14.6. The van der Waals surface area contributed by atoms with Gasteiger partial charge in [0.05, 0.1) is 5.69 Å². The monoisotopic (exact) mass is 285 g/mol. The highest BCUT2D eigenvalue weighted by Crippen LogP contribution is 2.24. The Bertz CT molecular complexity index is 625. The largest absolute Gasteiger partial charge is 0.487 e. The molecule has 0 saturated heterocycles. The third-order valence-corrected chi connectivity index (χ3v) is 2.71. The van der Waals surface area contributed by atoms with E-state index < -0.39 is 18.3 Å². The smallest absolute Gasteiger partial charge is 0.312 e. The van der Waals surface area contributed by atoms with Gasteiger partial charge in [-0.15, -0.1) is 0 Å². The Morgan fingerprint density at radius 1 is 1.00 bits per heavy atom. The number of hydrogen-bond donors (Lipinski definition) is 2. The zero-order valence-electron chi connectivity index (χ0n) is 11.3. The number of benzene rings is 2. The van der Waals surface area contributed by atoms with Crippen LogP contribution < -0.4 is 10.1 Å². The number of para-hydroxylation sites is 2. The number of anilines is 1. The summed E-state index contributed by atoms with van der Waals surface area (Å²) >= 11 is 0. The maximum atomic E-state index is 11.5. The second-order valence-corrected chi connectivity index (χ2v) is 4.39. The summed E-state index contributed by atoms with van der Waals surface area (Å²) in [5.41, 5.74) is 1.46. The fourth-order valence-corrected chi connectivity index (χ4v) is 1.76. The molecule has 0 saturated carbocycles. The average molecular weight is 285 g/mol. The third-order valence-electron chi connectivity index (χ3n) is 2.71. The van der Waals surface area contributed by atoms with E-state index in [0.717, 1.165) is 5.56 Å². The van der Waals surface area contributed by atoms with E-state index in [4.69, 9.17) is 9.84 Å². The van der Waals surface area contributed by atoms with Crippen molar-refractivity contribution in [2.75, 3.05) is 5.32 Å². The Morgan fingerprint density at radius 3 is 2.38 bits per heavy atom. The molecule has 0 aliphatic rings. The van der Waals surface area contributed by atoms with Crippen molar-refractivity contribution in [2.24, 2.45) is 0 Å². The van der Waals surface area contributed by atoms with Crippen molar-refractivity contribution in [3.63, 3.8) is 0 Å². The van der Waals surface area contributed by atoms with Crippen molar-refractivity contribution in [1.82, 2.24) is 0 Å². The fourth-order valence-electron chi connectivity index (χ4n) is 1.76. The molecule has 2 N–H and O–H groups in total. The Labute approximate surface area is 122 Å². The molecule has 0 unspecified atom stereocenters. The van der Waals surface area contributed by atoms with Crippen molar-refractivity contribution >= 4 is 17.6 Å². The Morgan fingerprint density at radius 2 is 1.67 bits per heavy atom. The number of aliphatic carboxylic acids is 1. The van der Waals surface area contributed by atoms with E-state index in [2.05, 4.69) is 5.32 Å². The van der Waals surface area contributed by atoms with Crippen LogP contribution in [0.2, 0.25) is 0 Å². The summed E-state index contributed by atoms with van der Waals surface area (Å²) in [6.45, 7) is 0.368. The van der Waals surface area contributed by atoms with E-state index in [1.165, 1.54) is 0 Å². The van der Waals surface area contributed by atoms with Crippen molar-refractivity contribution in [1.29, 1.82) is 0 Å². The maximum Gasteiger partial charge on any atom is 0.312 e. The number of ether oxygens (including phenoxy) is 1. The number of amides is 1. The van der Waals surface area contributed by atoms with Crippen molar-refractivity contribution in [3.05, 3.63) is 60.2 Å². The molecule has 0 spiro atoms. The fraction of sp³-hybridized carbons (Fsp3) is 0.125. The van der Waals surface area contributed by atoms with Gasteiger partial charge < -0.3 is 15.2 Å². The topological polar surface area (TPSA) is 75.6 Å². The molecule has 1 amide bonds. The maximum absolute atomic E-state index is 11.5. The predicted octanol–water partition coefficient (Wildman–Crippen LogP) is 2.68. The van der Waals surface area contributed by atoms with Crippen LogP contribution in [0.4, 0.5) is 5.69 Å². The van der Waals surface area contributed by atoms with Crippen LogP contribution in [0.15, 0.2) is 54.6 Å². The standard InChI is InChI=1S/C16H15NO4/c18-15(10-16(19)20)17-13-8-4-5-9-14(13)21-11-12-6-2-1-3-7-12/h1-9H,10-11H2,(H,17,18)(H,19,20). The summed E-state index contributed by atoms with van der Waals surface area (Å²) in [6, 6.07) is 16.5. The van der Waals surface area contributed by atoms with Crippen LogP contribution in [0.25, 0.3) is 0 Å². The molecule has 0 aliphatic heterocycles. The zero-order valence-corrected chi connectivity index (χ0v) is 11.3. The van der Waals surface area contributed by atoms with Gasteiger partial charge in [0.25, 0.3) is 0 Å². The van der Waals surface area contributed by atoms with Crippen LogP contribution in [0, 0.1) is 0 Å². The van der Waals surface area contributed by atoms with Gasteiger partial charge in [0, 0.05) is 0 Å². The molecule has 0 atom stereocenters. The average Bonchev–Trinajstić information content (AvgIpc) is 2.46. The number of carbonyl (C=O) groups is 2. The highest BCUT2D eigenvalue weighted by molar-refractivity contribution is 6.02. The Balaban J connectivity index is 2.03. The van der Waals surface area contributed by atoms with Crippen LogP contribution >= 0.6 is 0 Å². The van der Waals surface area contributed by atoms with E-state index in [9.17, 15) is 9.59 Å². The van der Waals surface area contributed by atoms with Gasteiger partial charge in [-0.3, -0.25) is 9.59 Å². The zero-order chi connectivity index (χ0) is 15.1. The Hall–Kier alpha value is -2.82. The first-order chi connectivity index (χ1) is 10.1. The number of nitrogens with one attached hydrogen (secondary N) is 1. The van der Waals surface area contributed by atoms with E-state index >= 15 is 0 Å². The molecule has 0 fully saturated rings. The summed E-state index contributed by atoms with van der Waals surface area (Å²) in [5.74, 6) is -1.26. The number of carboxylic acids is 1. The molecule has 21 heavy (non-hydrogen) atoms. The minimum Gasteiger partial charge on any atom is -0.487 e. The lowest BCUT2D eigenvalue weighted by molar-refractivity contribution is -0.139. The molecular weight excluding hydrogens is 270 g/mol.